The molecule has 1 heterocycles. The van der Waals surface area contributed by atoms with Gasteiger partial charge in [-0.05, 0) is 51.0 Å². The highest BCUT2D eigenvalue weighted by Crippen LogP contribution is 2.21. The van der Waals surface area contributed by atoms with Crippen LogP contribution < -0.4 is 4.74 Å². The number of carbonyl (C=O) groups is 3. The first kappa shape index (κ1) is 21.3. The SMILES string of the molecule is CC(=O)c1c(C)[nH]c(C(=O)C(C)OC(=O)Cc2ccc(OC(F)F)cc2)c1C. The lowest BCUT2D eigenvalue weighted by Gasteiger charge is -2.12. The summed E-state index contributed by atoms with van der Waals surface area (Å²) in [6.07, 6.45) is -1.18. The van der Waals surface area contributed by atoms with Crippen molar-refractivity contribution in [1.82, 2.24) is 4.98 Å². The average molecular weight is 393 g/mol. The third kappa shape index (κ3) is 5.03. The molecule has 1 N–H and O–H groups in total. The van der Waals surface area contributed by atoms with Gasteiger partial charge in [0.25, 0.3) is 0 Å². The van der Waals surface area contributed by atoms with Crippen molar-refractivity contribution in [3.8, 4) is 5.75 Å². The quantitative estimate of drug-likeness (QED) is 0.545. The van der Waals surface area contributed by atoms with E-state index in [1.807, 2.05) is 0 Å². The van der Waals surface area contributed by atoms with Crippen molar-refractivity contribution in [2.45, 2.75) is 46.8 Å². The highest BCUT2D eigenvalue weighted by atomic mass is 19.3. The van der Waals surface area contributed by atoms with E-state index in [1.54, 1.807) is 13.8 Å². The van der Waals surface area contributed by atoms with Crippen molar-refractivity contribution < 1.29 is 32.6 Å². The van der Waals surface area contributed by atoms with E-state index in [2.05, 4.69) is 9.72 Å². The molecular formula is C20H21F2NO5. The molecule has 0 spiro atoms. The van der Waals surface area contributed by atoms with Crippen molar-refractivity contribution in [2.24, 2.45) is 0 Å². The molecule has 1 aromatic heterocycles. The van der Waals surface area contributed by atoms with E-state index < -0.39 is 24.5 Å². The number of aryl methyl sites for hydroxylation is 1. The number of aromatic nitrogens is 1. The zero-order valence-electron chi connectivity index (χ0n) is 16.0. The number of benzene rings is 1. The number of hydrogen-bond donors (Lipinski definition) is 1. The van der Waals surface area contributed by atoms with Gasteiger partial charge in [-0.1, -0.05) is 12.1 Å². The summed E-state index contributed by atoms with van der Waals surface area (Å²) in [5, 5.41) is 0. The normalized spacial score (nSPS) is 12.0. The van der Waals surface area contributed by atoms with Crippen LogP contribution >= 0.6 is 0 Å². The van der Waals surface area contributed by atoms with Gasteiger partial charge in [0.05, 0.1) is 12.1 Å². The Morgan fingerprint density at radius 3 is 2.21 bits per heavy atom. The second-order valence-electron chi connectivity index (χ2n) is 6.38. The zero-order chi connectivity index (χ0) is 21.0. The van der Waals surface area contributed by atoms with E-state index in [9.17, 15) is 23.2 Å². The Kier molecular flexibility index (Phi) is 6.66. The second kappa shape index (κ2) is 8.77. The lowest BCUT2D eigenvalue weighted by Crippen LogP contribution is -2.26. The fraction of sp³-hybridized carbons (Fsp3) is 0.350. The predicted molar refractivity (Wildman–Crippen MR) is 96.9 cm³/mol. The molecule has 0 saturated heterocycles. The summed E-state index contributed by atoms with van der Waals surface area (Å²) >= 11 is 0. The largest absolute Gasteiger partial charge is 0.454 e. The van der Waals surface area contributed by atoms with Gasteiger partial charge < -0.3 is 14.5 Å². The molecule has 1 aromatic carbocycles. The number of carbonyl (C=O) groups excluding carboxylic acids is 3. The Hall–Kier alpha value is -3.03. The van der Waals surface area contributed by atoms with Gasteiger partial charge in [0.1, 0.15) is 5.75 Å². The number of ether oxygens (including phenoxy) is 2. The highest BCUT2D eigenvalue weighted by Gasteiger charge is 2.26. The third-order valence-electron chi connectivity index (χ3n) is 4.21. The molecular weight excluding hydrogens is 372 g/mol. The number of hydrogen-bond acceptors (Lipinski definition) is 5. The Balaban J connectivity index is 2.01. The van der Waals surface area contributed by atoms with Crippen LogP contribution in [0.15, 0.2) is 24.3 Å². The van der Waals surface area contributed by atoms with Gasteiger partial charge in [0.2, 0.25) is 5.78 Å². The Morgan fingerprint density at radius 2 is 1.71 bits per heavy atom. The summed E-state index contributed by atoms with van der Waals surface area (Å²) in [5.74, 6) is -1.26. The molecule has 1 atom stereocenters. The summed E-state index contributed by atoms with van der Waals surface area (Å²) in [6, 6.07) is 5.56. The standard InChI is InChI=1S/C20H21F2NO5/c1-10-17(12(3)24)11(2)23-18(10)19(26)13(4)27-16(25)9-14-5-7-15(8-6-14)28-20(21)22/h5-8,13,20,23H,9H2,1-4H3. The molecule has 8 heteroatoms. The van der Waals surface area contributed by atoms with Crippen LogP contribution in [0, 0.1) is 13.8 Å². The van der Waals surface area contributed by atoms with Gasteiger partial charge in [-0.3, -0.25) is 14.4 Å². The minimum Gasteiger partial charge on any atom is -0.454 e. The lowest BCUT2D eigenvalue weighted by atomic mass is 10.0. The third-order valence-corrected chi connectivity index (χ3v) is 4.21. The lowest BCUT2D eigenvalue weighted by molar-refractivity contribution is -0.145. The first-order valence-electron chi connectivity index (χ1n) is 8.57. The van der Waals surface area contributed by atoms with E-state index in [1.165, 1.54) is 38.1 Å². The summed E-state index contributed by atoms with van der Waals surface area (Å²) in [5.41, 5.74) is 2.31. The van der Waals surface area contributed by atoms with E-state index >= 15 is 0 Å². The molecule has 0 radical (unpaired) electrons. The minimum atomic E-state index is -2.92. The molecule has 0 aliphatic heterocycles. The summed E-state index contributed by atoms with van der Waals surface area (Å²) < 4.78 is 33.7. The number of H-pyrrole nitrogens is 1. The van der Waals surface area contributed by atoms with Crippen molar-refractivity contribution >= 4 is 17.5 Å². The van der Waals surface area contributed by atoms with Crippen molar-refractivity contribution in [2.75, 3.05) is 0 Å². The summed E-state index contributed by atoms with van der Waals surface area (Å²) in [6.45, 7) is 3.29. The van der Waals surface area contributed by atoms with Gasteiger partial charge >= 0.3 is 12.6 Å². The number of ketones is 2. The van der Waals surface area contributed by atoms with Gasteiger partial charge in [0, 0.05) is 11.3 Å². The topological polar surface area (TPSA) is 85.5 Å². The summed E-state index contributed by atoms with van der Waals surface area (Å²) in [4.78, 5) is 39.3. The predicted octanol–water partition coefficient (Wildman–Crippen LogP) is 3.79. The zero-order valence-corrected chi connectivity index (χ0v) is 16.0. The smallest absolute Gasteiger partial charge is 0.387 e. The molecule has 0 bridgehead atoms. The van der Waals surface area contributed by atoms with Crippen LogP contribution in [0.4, 0.5) is 8.78 Å². The van der Waals surface area contributed by atoms with Crippen LogP contribution in [-0.2, 0) is 16.0 Å². The van der Waals surface area contributed by atoms with Crippen LogP contribution in [0.1, 0.15) is 51.5 Å². The van der Waals surface area contributed by atoms with Crippen LogP contribution in [0.5, 0.6) is 5.75 Å². The molecule has 0 aliphatic rings. The number of nitrogens with one attached hydrogen (secondary N) is 1. The molecule has 1 unspecified atom stereocenters. The van der Waals surface area contributed by atoms with Gasteiger partial charge in [0.15, 0.2) is 11.9 Å². The monoisotopic (exact) mass is 393 g/mol. The van der Waals surface area contributed by atoms with Crippen LogP contribution in [0.3, 0.4) is 0 Å². The number of esters is 1. The Bertz CT molecular complexity index is 887. The number of rotatable bonds is 8. The number of halogens is 2. The fourth-order valence-electron chi connectivity index (χ4n) is 2.98. The van der Waals surface area contributed by atoms with Gasteiger partial charge in [-0.15, -0.1) is 0 Å². The van der Waals surface area contributed by atoms with Crippen molar-refractivity contribution in [3.63, 3.8) is 0 Å². The van der Waals surface area contributed by atoms with E-state index in [-0.39, 0.29) is 23.6 Å². The molecule has 28 heavy (non-hydrogen) atoms. The molecule has 2 aromatic rings. The summed E-state index contributed by atoms with van der Waals surface area (Å²) in [7, 11) is 0. The van der Waals surface area contributed by atoms with E-state index in [0.29, 0.717) is 22.4 Å². The number of alkyl halides is 2. The van der Waals surface area contributed by atoms with Crippen LogP contribution in [-0.4, -0.2) is 35.2 Å². The minimum absolute atomic E-state index is 0.0190. The molecule has 6 nitrogen and oxygen atoms in total. The Morgan fingerprint density at radius 1 is 1.11 bits per heavy atom. The number of aromatic amines is 1. The Labute approximate surface area is 160 Å². The molecule has 150 valence electrons. The van der Waals surface area contributed by atoms with E-state index in [4.69, 9.17) is 4.74 Å². The molecule has 0 amide bonds. The molecule has 2 rings (SSSR count). The average Bonchev–Trinajstić information content (AvgIpc) is 2.89. The first-order valence-corrected chi connectivity index (χ1v) is 8.57. The van der Waals surface area contributed by atoms with E-state index in [0.717, 1.165) is 0 Å². The maximum atomic E-state index is 12.6. The van der Waals surface area contributed by atoms with Gasteiger partial charge in [-0.25, -0.2) is 0 Å². The molecule has 0 fully saturated rings. The maximum Gasteiger partial charge on any atom is 0.387 e. The second-order valence-corrected chi connectivity index (χ2v) is 6.38. The number of Topliss-reactive ketones (excluding diaryl/α,β-unsaturated/α-hetero) is 2. The van der Waals surface area contributed by atoms with Gasteiger partial charge in [-0.2, -0.15) is 8.78 Å². The highest BCUT2D eigenvalue weighted by molar-refractivity contribution is 6.05. The fourth-order valence-corrected chi connectivity index (χ4v) is 2.98. The van der Waals surface area contributed by atoms with Crippen molar-refractivity contribution in [3.05, 3.63) is 52.3 Å². The molecule has 0 aliphatic carbocycles. The van der Waals surface area contributed by atoms with Crippen LogP contribution in [0.2, 0.25) is 0 Å². The van der Waals surface area contributed by atoms with Crippen molar-refractivity contribution in [1.29, 1.82) is 0 Å². The molecule has 0 saturated carbocycles. The first-order chi connectivity index (χ1) is 13.1. The maximum absolute atomic E-state index is 12.6. The van der Waals surface area contributed by atoms with Crippen LogP contribution in [0.25, 0.3) is 0 Å².